The number of imide groups is 1. The molecule has 3 amide bonds. The molecule has 2 aliphatic heterocycles. The first-order chi connectivity index (χ1) is 14.0. The van der Waals surface area contributed by atoms with Crippen molar-refractivity contribution in [1.82, 2.24) is 10.2 Å². The molecule has 0 bridgehead atoms. The molecule has 1 N–H and O–H groups in total. The summed E-state index contributed by atoms with van der Waals surface area (Å²) in [6.07, 6.45) is 0.273. The van der Waals surface area contributed by atoms with Crippen LogP contribution in [0.2, 0.25) is 0 Å². The summed E-state index contributed by atoms with van der Waals surface area (Å²) >= 11 is 0. The first-order valence-electron chi connectivity index (χ1n) is 9.05. The molecule has 1 atom stereocenters. The number of rotatable bonds is 4. The number of fused-ring (bicyclic) bond motifs is 2. The first-order valence-corrected chi connectivity index (χ1v) is 9.05. The van der Waals surface area contributed by atoms with Gasteiger partial charge in [0, 0.05) is 17.5 Å². The van der Waals surface area contributed by atoms with Gasteiger partial charge in [-0.25, -0.2) is 4.79 Å². The number of nitriles is 1. The molecular weight excluding hydrogens is 374 g/mol. The summed E-state index contributed by atoms with van der Waals surface area (Å²) in [4.78, 5) is 38.7. The summed E-state index contributed by atoms with van der Waals surface area (Å²) in [5.74, 6) is -0.712. The third-order valence-corrected chi connectivity index (χ3v) is 5.07. The lowest BCUT2D eigenvalue weighted by Crippen LogP contribution is -2.47. The summed E-state index contributed by atoms with van der Waals surface area (Å²) < 4.78 is 10.8. The molecule has 0 aliphatic carbocycles. The molecule has 1 fully saturated rings. The average Bonchev–Trinajstić information content (AvgIpc) is 2.97. The van der Waals surface area contributed by atoms with E-state index in [9.17, 15) is 14.4 Å². The molecule has 29 heavy (non-hydrogen) atoms. The standard InChI is InChI=1S/C21H17N3O5/c22-11-14-5-1-2-6-15(14)13-29-18(25)12-24-19(26)21(23-20(24)27)9-10-28-17-8-4-3-7-16(17)21/h1-8H,9-10,12-13H2,(H,23,27)/t21-/m0/s1. The van der Waals surface area contributed by atoms with Crippen molar-refractivity contribution in [2.45, 2.75) is 18.6 Å². The molecule has 0 saturated carbocycles. The van der Waals surface area contributed by atoms with E-state index in [0.717, 1.165) is 4.90 Å². The van der Waals surface area contributed by atoms with Crippen molar-refractivity contribution in [3.63, 3.8) is 0 Å². The van der Waals surface area contributed by atoms with Gasteiger partial charge < -0.3 is 14.8 Å². The fourth-order valence-electron chi connectivity index (χ4n) is 3.60. The molecule has 2 aromatic rings. The third kappa shape index (κ3) is 3.17. The molecule has 146 valence electrons. The van der Waals surface area contributed by atoms with Gasteiger partial charge in [0.25, 0.3) is 5.91 Å². The minimum atomic E-state index is -1.24. The molecule has 0 radical (unpaired) electrons. The van der Waals surface area contributed by atoms with Crippen molar-refractivity contribution in [1.29, 1.82) is 5.26 Å². The number of amides is 3. The highest BCUT2D eigenvalue weighted by Crippen LogP contribution is 2.40. The van der Waals surface area contributed by atoms with Gasteiger partial charge in [-0.1, -0.05) is 36.4 Å². The van der Waals surface area contributed by atoms with Crippen LogP contribution >= 0.6 is 0 Å². The second kappa shape index (κ2) is 7.28. The minimum absolute atomic E-state index is 0.117. The molecular formula is C21H17N3O5. The number of carbonyl (C=O) groups is 3. The smallest absolute Gasteiger partial charge is 0.326 e. The number of esters is 1. The van der Waals surface area contributed by atoms with E-state index in [2.05, 4.69) is 5.32 Å². The Morgan fingerprint density at radius 1 is 1.21 bits per heavy atom. The van der Waals surface area contributed by atoms with Gasteiger partial charge in [-0.2, -0.15) is 5.26 Å². The summed E-state index contributed by atoms with van der Waals surface area (Å²) in [7, 11) is 0. The SMILES string of the molecule is N#Cc1ccccc1COC(=O)CN1C(=O)N[C@]2(CCOc3ccccc32)C1=O. The maximum absolute atomic E-state index is 13.1. The number of ether oxygens (including phenoxy) is 2. The van der Waals surface area contributed by atoms with Crippen LogP contribution in [0.1, 0.15) is 23.1 Å². The lowest BCUT2D eigenvalue weighted by molar-refractivity contribution is -0.149. The average molecular weight is 391 g/mol. The molecule has 4 rings (SSSR count). The number of hydrogen-bond donors (Lipinski definition) is 1. The molecule has 1 saturated heterocycles. The largest absolute Gasteiger partial charge is 0.493 e. The molecule has 8 nitrogen and oxygen atoms in total. The minimum Gasteiger partial charge on any atom is -0.493 e. The van der Waals surface area contributed by atoms with E-state index in [0.29, 0.717) is 22.4 Å². The van der Waals surface area contributed by atoms with Crippen LogP contribution < -0.4 is 10.1 Å². The van der Waals surface area contributed by atoms with Crippen molar-refractivity contribution in [2.75, 3.05) is 13.2 Å². The van der Waals surface area contributed by atoms with E-state index >= 15 is 0 Å². The topological polar surface area (TPSA) is 109 Å². The maximum Gasteiger partial charge on any atom is 0.326 e. The second-order valence-electron chi connectivity index (χ2n) is 6.75. The quantitative estimate of drug-likeness (QED) is 0.629. The van der Waals surface area contributed by atoms with Gasteiger partial charge in [0.2, 0.25) is 0 Å². The van der Waals surface area contributed by atoms with Crippen molar-refractivity contribution in [3.8, 4) is 11.8 Å². The van der Waals surface area contributed by atoms with Gasteiger partial charge in [0.15, 0.2) is 5.54 Å². The predicted octanol–water partition coefficient (Wildman–Crippen LogP) is 1.83. The van der Waals surface area contributed by atoms with Gasteiger partial charge in [0.1, 0.15) is 18.9 Å². The van der Waals surface area contributed by atoms with Gasteiger partial charge in [0.05, 0.1) is 18.2 Å². The predicted molar refractivity (Wildman–Crippen MR) is 99.4 cm³/mol. The zero-order valence-electron chi connectivity index (χ0n) is 15.4. The molecule has 2 aromatic carbocycles. The zero-order chi connectivity index (χ0) is 20.4. The fourth-order valence-corrected chi connectivity index (χ4v) is 3.60. The number of nitrogens with one attached hydrogen (secondary N) is 1. The van der Waals surface area contributed by atoms with Gasteiger partial charge in [-0.15, -0.1) is 0 Å². The summed E-state index contributed by atoms with van der Waals surface area (Å²) in [5, 5.41) is 11.8. The Morgan fingerprint density at radius 2 is 1.97 bits per heavy atom. The van der Waals surface area contributed by atoms with Crippen molar-refractivity contribution in [3.05, 3.63) is 65.2 Å². The molecule has 1 spiro atoms. The molecule has 2 heterocycles. The van der Waals surface area contributed by atoms with Gasteiger partial charge in [-0.05, 0) is 12.1 Å². The Balaban J connectivity index is 1.48. The lowest BCUT2D eigenvalue weighted by atomic mass is 9.84. The van der Waals surface area contributed by atoms with Gasteiger partial charge >= 0.3 is 12.0 Å². The van der Waals surface area contributed by atoms with Crippen molar-refractivity contribution < 1.29 is 23.9 Å². The Hall–Kier alpha value is -3.86. The van der Waals surface area contributed by atoms with E-state index in [4.69, 9.17) is 14.7 Å². The van der Waals surface area contributed by atoms with Crippen LogP contribution in [-0.4, -0.2) is 36.0 Å². The highest BCUT2D eigenvalue weighted by atomic mass is 16.5. The van der Waals surface area contributed by atoms with E-state index in [1.54, 1.807) is 48.5 Å². The van der Waals surface area contributed by atoms with E-state index in [-0.39, 0.29) is 19.6 Å². The summed E-state index contributed by atoms with van der Waals surface area (Å²) in [6, 6.07) is 15.1. The Kier molecular flexibility index (Phi) is 4.64. The molecule has 8 heteroatoms. The number of benzene rings is 2. The van der Waals surface area contributed by atoms with Crippen LogP contribution in [0, 0.1) is 11.3 Å². The van der Waals surface area contributed by atoms with Crippen molar-refractivity contribution >= 4 is 17.9 Å². The number of para-hydroxylation sites is 1. The Morgan fingerprint density at radius 3 is 2.79 bits per heavy atom. The van der Waals surface area contributed by atoms with Crippen LogP contribution in [0.25, 0.3) is 0 Å². The number of nitrogens with zero attached hydrogens (tertiary/aromatic N) is 2. The van der Waals surface area contributed by atoms with Crippen LogP contribution in [0.3, 0.4) is 0 Å². The lowest BCUT2D eigenvalue weighted by Gasteiger charge is -2.33. The molecule has 0 aromatic heterocycles. The van der Waals surface area contributed by atoms with Crippen LogP contribution in [-0.2, 0) is 26.5 Å². The summed E-state index contributed by atoms with van der Waals surface area (Å²) in [5.41, 5.74) is 0.284. The van der Waals surface area contributed by atoms with Crippen LogP contribution in [0.4, 0.5) is 4.79 Å². The Labute approximate surface area is 166 Å². The number of carbonyl (C=O) groups excluding carboxylic acids is 3. The van der Waals surface area contributed by atoms with E-state index < -0.39 is 30.0 Å². The zero-order valence-corrected chi connectivity index (χ0v) is 15.4. The van der Waals surface area contributed by atoms with E-state index in [1.807, 2.05) is 6.07 Å². The number of hydrogen-bond acceptors (Lipinski definition) is 6. The maximum atomic E-state index is 13.1. The highest BCUT2D eigenvalue weighted by Gasteiger charge is 2.55. The third-order valence-electron chi connectivity index (χ3n) is 5.07. The van der Waals surface area contributed by atoms with Gasteiger partial charge in [-0.3, -0.25) is 14.5 Å². The normalized spacial score (nSPS) is 19.9. The Bertz CT molecular complexity index is 1040. The summed E-state index contributed by atoms with van der Waals surface area (Å²) in [6.45, 7) is -0.357. The molecule has 0 unspecified atom stereocenters. The number of urea groups is 1. The fraction of sp³-hybridized carbons (Fsp3) is 0.238. The molecule has 2 aliphatic rings. The van der Waals surface area contributed by atoms with Crippen molar-refractivity contribution in [2.24, 2.45) is 0 Å². The van der Waals surface area contributed by atoms with Crippen LogP contribution in [0.15, 0.2) is 48.5 Å². The van der Waals surface area contributed by atoms with E-state index in [1.165, 1.54) is 0 Å². The second-order valence-corrected chi connectivity index (χ2v) is 6.75. The highest BCUT2D eigenvalue weighted by molar-refractivity contribution is 6.09. The first kappa shape index (κ1) is 18.5. The monoisotopic (exact) mass is 391 g/mol. The van der Waals surface area contributed by atoms with Crippen LogP contribution in [0.5, 0.6) is 5.75 Å².